The topological polar surface area (TPSA) is 60.2 Å². The zero-order chi connectivity index (χ0) is 8.85. The summed E-state index contributed by atoms with van der Waals surface area (Å²) >= 11 is 0. The quantitative estimate of drug-likeness (QED) is 0.468. The van der Waals surface area contributed by atoms with Crippen LogP contribution >= 0.6 is 0 Å². The molecule has 0 saturated carbocycles. The van der Waals surface area contributed by atoms with Gasteiger partial charge in [-0.15, -0.1) is 0 Å². The lowest BCUT2D eigenvalue weighted by molar-refractivity contribution is -0.121. The number of hydrogen-bond acceptors (Lipinski definition) is 2. The highest BCUT2D eigenvalue weighted by atomic mass is 16.1. The molecule has 0 aromatic heterocycles. The first-order chi connectivity index (χ1) is 5.09. The van der Waals surface area contributed by atoms with E-state index in [1.165, 1.54) is 0 Å². The Morgan fingerprint density at radius 1 is 1.73 bits per heavy atom. The summed E-state index contributed by atoms with van der Waals surface area (Å²) in [6.45, 7) is 5.35. The van der Waals surface area contributed by atoms with Gasteiger partial charge in [0.1, 0.15) is 6.29 Å². The zero-order valence-electron chi connectivity index (χ0n) is 6.67. The van der Waals surface area contributed by atoms with Gasteiger partial charge in [-0.1, -0.05) is 12.2 Å². The third kappa shape index (κ3) is 3.55. The molecule has 2 N–H and O–H groups in total. The van der Waals surface area contributed by atoms with Gasteiger partial charge in [-0.2, -0.15) is 0 Å². The van der Waals surface area contributed by atoms with Crippen LogP contribution in [0.3, 0.4) is 0 Å². The van der Waals surface area contributed by atoms with Crippen molar-refractivity contribution in [1.29, 1.82) is 0 Å². The van der Waals surface area contributed by atoms with E-state index in [-0.39, 0.29) is 5.92 Å². The number of carbonyl (C=O) groups excluding carboxylic acids is 2. The molecule has 62 valence electrons. The Morgan fingerprint density at radius 2 is 2.27 bits per heavy atom. The van der Waals surface area contributed by atoms with Crippen LogP contribution in [0, 0.1) is 5.92 Å². The fourth-order valence-electron chi connectivity index (χ4n) is 0.866. The van der Waals surface area contributed by atoms with Gasteiger partial charge < -0.3 is 10.5 Å². The van der Waals surface area contributed by atoms with Crippen molar-refractivity contribution in [3.05, 3.63) is 12.2 Å². The lowest BCUT2D eigenvalue weighted by atomic mass is 9.96. The molecule has 0 radical (unpaired) electrons. The van der Waals surface area contributed by atoms with E-state index in [4.69, 9.17) is 5.73 Å². The SMILES string of the molecule is C=C(C)C(CCC=O)C(N)=O. The van der Waals surface area contributed by atoms with Crippen molar-refractivity contribution in [3.63, 3.8) is 0 Å². The molecule has 0 aromatic carbocycles. The maximum absolute atomic E-state index is 10.7. The molecule has 0 saturated heterocycles. The molecule has 0 aromatic rings. The van der Waals surface area contributed by atoms with E-state index in [1.807, 2.05) is 0 Å². The summed E-state index contributed by atoms with van der Waals surface area (Å²) in [5.74, 6) is -0.750. The minimum atomic E-state index is -0.403. The van der Waals surface area contributed by atoms with Crippen molar-refractivity contribution in [2.45, 2.75) is 19.8 Å². The Bertz CT molecular complexity index is 161. The highest BCUT2D eigenvalue weighted by Crippen LogP contribution is 2.13. The third-order valence-corrected chi connectivity index (χ3v) is 1.51. The molecule has 1 amide bonds. The first kappa shape index (κ1) is 9.88. The molecule has 0 heterocycles. The highest BCUT2D eigenvalue weighted by Gasteiger charge is 2.14. The largest absolute Gasteiger partial charge is 0.369 e. The van der Waals surface area contributed by atoms with Crippen LogP contribution in [-0.2, 0) is 9.59 Å². The van der Waals surface area contributed by atoms with E-state index in [0.717, 1.165) is 11.9 Å². The maximum atomic E-state index is 10.7. The fraction of sp³-hybridized carbons (Fsp3) is 0.500. The molecule has 3 nitrogen and oxygen atoms in total. The van der Waals surface area contributed by atoms with E-state index in [1.54, 1.807) is 6.92 Å². The molecule has 11 heavy (non-hydrogen) atoms. The van der Waals surface area contributed by atoms with Gasteiger partial charge in [0.05, 0.1) is 5.92 Å². The number of hydrogen-bond donors (Lipinski definition) is 1. The van der Waals surface area contributed by atoms with Gasteiger partial charge in [0.25, 0.3) is 0 Å². The molecule has 1 atom stereocenters. The lowest BCUT2D eigenvalue weighted by Gasteiger charge is -2.09. The van der Waals surface area contributed by atoms with E-state index in [9.17, 15) is 9.59 Å². The van der Waals surface area contributed by atoms with Crippen molar-refractivity contribution < 1.29 is 9.59 Å². The van der Waals surface area contributed by atoms with Crippen LogP contribution in [0.5, 0.6) is 0 Å². The second-order valence-electron chi connectivity index (χ2n) is 2.55. The summed E-state index contributed by atoms with van der Waals surface area (Å²) in [6.07, 6.45) is 1.62. The van der Waals surface area contributed by atoms with E-state index in [2.05, 4.69) is 6.58 Å². The summed E-state index contributed by atoms with van der Waals surface area (Å²) in [5, 5.41) is 0. The Morgan fingerprint density at radius 3 is 2.55 bits per heavy atom. The summed E-state index contributed by atoms with van der Waals surface area (Å²) < 4.78 is 0. The molecule has 0 aliphatic carbocycles. The third-order valence-electron chi connectivity index (χ3n) is 1.51. The average Bonchev–Trinajstić information content (AvgIpc) is 1.87. The first-order valence-electron chi connectivity index (χ1n) is 3.48. The van der Waals surface area contributed by atoms with Crippen LogP contribution in [0.1, 0.15) is 19.8 Å². The number of nitrogens with two attached hydrogens (primary N) is 1. The van der Waals surface area contributed by atoms with Gasteiger partial charge in [0.15, 0.2) is 0 Å². The van der Waals surface area contributed by atoms with Gasteiger partial charge >= 0.3 is 0 Å². The molecular weight excluding hydrogens is 142 g/mol. The Labute approximate surface area is 66.3 Å². The number of primary amides is 1. The van der Waals surface area contributed by atoms with Crippen molar-refractivity contribution in [3.8, 4) is 0 Å². The van der Waals surface area contributed by atoms with Gasteiger partial charge in [-0.25, -0.2) is 0 Å². The summed E-state index contributed by atoms with van der Waals surface area (Å²) in [5.41, 5.74) is 5.78. The minimum absolute atomic E-state index is 0.347. The molecule has 1 unspecified atom stereocenters. The second kappa shape index (κ2) is 4.66. The van der Waals surface area contributed by atoms with Crippen LogP contribution in [0.15, 0.2) is 12.2 Å². The molecule has 0 fully saturated rings. The summed E-state index contributed by atoms with van der Waals surface area (Å²) in [6, 6.07) is 0. The first-order valence-corrected chi connectivity index (χ1v) is 3.48. The Balaban J connectivity index is 4.00. The maximum Gasteiger partial charge on any atom is 0.224 e. The minimum Gasteiger partial charge on any atom is -0.369 e. The standard InChI is InChI=1S/C8H13NO2/c1-6(2)7(8(9)11)4-3-5-10/h5,7H,1,3-4H2,2H3,(H2,9,11). The lowest BCUT2D eigenvalue weighted by Crippen LogP contribution is -2.23. The van der Waals surface area contributed by atoms with Crippen molar-refractivity contribution in [2.24, 2.45) is 11.7 Å². The Kier molecular flexibility index (Phi) is 4.18. The van der Waals surface area contributed by atoms with Crippen LogP contribution in [0.2, 0.25) is 0 Å². The monoisotopic (exact) mass is 155 g/mol. The predicted molar refractivity (Wildman–Crippen MR) is 42.8 cm³/mol. The van der Waals surface area contributed by atoms with Crippen LogP contribution in [0.25, 0.3) is 0 Å². The molecule has 0 rings (SSSR count). The highest BCUT2D eigenvalue weighted by molar-refractivity contribution is 5.79. The van der Waals surface area contributed by atoms with Crippen molar-refractivity contribution in [1.82, 2.24) is 0 Å². The number of rotatable bonds is 5. The zero-order valence-corrected chi connectivity index (χ0v) is 6.67. The van der Waals surface area contributed by atoms with Crippen LogP contribution < -0.4 is 5.73 Å². The predicted octanol–water partition coefficient (Wildman–Crippen LogP) is 0.643. The summed E-state index contributed by atoms with van der Waals surface area (Å²) in [7, 11) is 0. The fourth-order valence-corrected chi connectivity index (χ4v) is 0.866. The van der Waals surface area contributed by atoms with Crippen molar-refractivity contribution >= 4 is 12.2 Å². The normalized spacial score (nSPS) is 12.1. The van der Waals surface area contributed by atoms with E-state index >= 15 is 0 Å². The molecule has 0 aliphatic rings. The Hall–Kier alpha value is -1.12. The van der Waals surface area contributed by atoms with Gasteiger partial charge in [-0.05, 0) is 13.3 Å². The van der Waals surface area contributed by atoms with Gasteiger partial charge in [-0.3, -0.25) is 4.79 Å². The van der Waals surface area contributed by atoms with Gasteiger partial charge in [0.2, 0.25) is 5.91 Å². The molecular formula is C8H13NO2. The molecule has 0 aliphatic heterocycles. The molecule has 0 spiro atoms. The number of carbonyl (C=O) groups is 2. The van der Waals surface area contributed by atoms with Crippen LogP contribution in [0.4, 0.5) is 0 Å². The van der Waals surface area contributed by atoms with Crippen molar-refractivity contribution in [2.75, 3.05) is 0 Å². The van der Waals surface area contributed by atoms with E-state index in [0.29, 0.717) is 12.8 Å². The number of aldehydes is 1. The van der Waals surface area contributed by atoms with E-state index < -0.39 is 5.91 Å². The second-order valence-corrected chi connectivity index (χ2v) is 2.55. The molecule has 0 bridgehead atoms. The molecule has 3 heteroatoms. The number of amides is 1. The smallest absolute Gasteiger partial charge is 0.224 e. The average molecular weight is 155 g/mol. The summed E-state index contributed by atoms with van der Waals surface area (Å²) in [4.78, 5) is 20.7. The van der Waals surface area contributed by atoms with Crippen LogP contribution in [-0.4, -0.2) is 12.2 Å². The van der Waals surface area contributed by atoms with Gasteiger partial charge in [0, 0.05) is 6.42 Å².